The molecule has 20 aromatic rings. The van der Waals surface area contributed by atoms with Crippen LogP contribution in [0.2, 0.25) is 0 Å². The number of fused-ring (bicyclic) bond motifs is 8. The van der Waals surface area contributed by atoms with Gasteiger partial charge in [-0.25, -0.2) is 44.9 Å². The lowest BCUT2D eigenvalue weighted by Crippen LogP contribution is -2.00. The summed E-state index contributed by atoms with van der Waals surface area (Å²) in [6.45, 7) is 0. The molecule has 0 aliphatic heterocycles. The van der Waals surface area contributed by atoms with Gasteiger partial charge >= 0.3 is 0 Å². The van der Waals surface area contributed by atoms with Crippen LogP contribution in [-0.2, 0) is 0 Å². The van der Waals surface area contributed by atoms with Crippen LogP contribution >= 0.6 is 0 Å². The van der Waals surface area contributed by atoms with Crippen LogP contribution in [0, 0.1) is 0 Å². The van der Waals surface area contributed by atoms with Gasteiger partial charge in [0.15, 0.2) is 34.9 Å². The Morgan fingerprint density at radius 2 is 0.500 bits per heavy atom. The lowest BCUT2D eigenvalue weighted by Gasteiger charge is -2.11. The first-order chi connectivity index (χ1) is 52.5. The van der Waals surface area contributed by atoms with Crippen LogP contribution in [0.4, 0.5) is 0 Å². The van der Waals surface area contributed by atoms with Crippen molar-refractivity contribution in [3.8, 4) is 135 Å². The fourth-order valence-corrected chi connectivity index (χ4v) is 13.8. The van der Waals surface area contributed by atoms with Gasteiger partial charge in [0, 0.05) is 55.9 Å². The van der Waals surface area contributed by atoms with Crippen LogP contribution in [0.1, 0.15) is 0 Å². The van der Waals surface area contributed by atoms with Gasteiger partial charge in [0.25, 0.3) is 0 Å². The summed E-state index contributed by atoms with van der Waals surface area (Å²) in [4.78, 5) is 48.7. The third-order valence-corrected chi connectivity index (χ3v) is 19.2. The van der Waals surface area contributed by atoms with E-state index in [2.05, 4.69) is 218 Å². The molecule has 20 rings (SSSR count). The molecule has 7 heterocycles. The van der Waals surface area contributed by atoms with Crippen LogP contribution < -0.4 is 0 Å². The molecule has 0 aliphatic rings. The van der Waals surface area contributed by atoms with Crippen molar-refractivity contribution in [2.75, 3.05) is 0 Å². The summed E-state index contributed by atoms with van der Waals surface area (Å²) in [5.41, 5.74) is 25.7. The first-order valence-corrected chi connectivity index (χ1v) is 35.0. The number of furan rings is 2. The quantitative estimate of drug-likeness (QED) is 0.114. The molecule has 0 bridgehead atoms. The maximum absolute atomic E-state index is 6.20. The summed E-state index contributed by atoms with van der Waals surface area (Å²) in [7, 11) is 0. The third kappa shape index (κ3) is 12.2. The van der Waals surface area contributed by atoms with Crippen molar-refractivity contribution >= 4 is 66.3 Å². The fourth-order valence-electron chi connectivity index (χ4n) is 13.8. The Hall–Kier alpha value is -14.6. The minimum Gasteiger partial charge on any atom is -0.438 e. The van der Waals surface area contributed by atoms with E-state index in [9.17, 15) is 0 Å². The van der Waals surface area contributed by atoms with E-state index in [4.69, 9.17) is 58.7 Å². The SMILES string of the molecule is c1ccc(-c2ccc(-c3nc(-c4ccccc4)nc(-c4ccc(-c5ccc(-c6c7ncccc7nc7oc8ccccc8c67)cc5)cc4)n3)cc2)cc1.c1ccc(-c2ccc(-c3nc(-c4ccccc4)nc(-c4ccc(-c5ccc(-c6ccc7c(c6)oc6nc8ccccc8nc67)cc5)cc4)n3)cc2)cc1. The Morgan fingerprint density at radius 3 is 0.943 bits per heavy atom. The average Bonchev–Trinajstić information content (AvgIpc) is 1.55. The number of hydrogen-bond donors (Lipinski definition) is 0. The normalized spacial score (nSPS) is 11.4. The summed E-state index contributed by atoms with van der Waals surface area (Å²) in [5, 5.41) is 2.96. The molecule has 0 atom stereocenters. The molecular formula is C94H58N10O2. The number of rotatable bonds is 12. The van der Waals surface area contributed by atoms with E-state index < -0.39 is 0 Å². The average molecular weight is 1360 g/mol. The minimum atomic E-state index is 0.553. The second-order valence-electron chi connectivity index (χ2n) is 25.9. The Bertz CT molecular complexity index is 6620. The largest absolute Gasteiger partial charge is 0.438 e. The number of aromatic nitrogens is 10. The maximum Gasteiger partial charge on any atom is 0.246 e. The van der Waals surface area contributed by atoms with Crippen molar-refractivity contribution in [2.45, 2.75) is 0 Å². The first-order valence-electron chi connectivity index (χ1n) is 35.0. The summed E-state index contributed by atoms with van der Waals surface area (Å²) in [6.07, 6.45) is 1.82. The van der Waals surface area contributed by atoms with Gasteiger partial charge < -0.3 is 8.83 Å². The molecule has 0 aliphatic carbocycles. The first kappa shape index (κ1) is 62.4. The predicted octanol–water partition coefficient (Wildman–Crippen LogP) is 23.4. The van der Waals surface area contributed by atoms with Crippen LogP contribution in [0.25, 0.3) is 201 Å². The molecule has 0 amide bonds. The van der Waals surface area contributed by atoms with E-state index >= 15 is 0 Å². The highest BCUT2D eigenvalue weighted by Crippen LogP contribution is 2.41. The number of benzene rings is 13. The van der Waals surface area contributed by atoms with Gasteiger partial charge in [0.1, 0.15) is 16.7 Å². The number of hydrogen-bond acceptors (Lipinski definition) is 12. The highest BCUT2D eigenvalue weighted by molar-refractivity contribution is 6.17. The molecule has 0 fully saturated rings. The van der Waals surface area contributed by atoms with Crippen molar-refractivity contribution in [2.24, 2.45) is 0 Å². The summed E-state index contributed by atoms with van der Waals surface area (Å²) in [6, 6.07) is 118. The standard InChI is InChI=1S/2C47H29N5O/c1-3-10-30(11-4-1)31-19-25-36(26-20-31)45-50-44(35-12-5-2-6-13-35)51-46(52-45)37-27-21-33(22-28-37)32-17-23-34(24-18-32)41-42-38-14-7-8-16-40(38)53-47(42)49-39-15-9-29-48-43(39)41;1-3-9-30(10-4-1)31-19-23-36(24-20-31)45-50-44(35-11-5-2-6-12-35)51-46(52-45)37-25-21-33(22-26-37)32-15-17-34(18-16-32)38-27-28-39-42(29-38)53-47-43(39)48-40-13-7-8-14-41(40)49-47/h2*1-29H. The Balaban J connectivity index is 0.000000145. The van der Waals surface area contributed by atoms with E-state index in [0.29, 0.717) is 46.4 Å². The molecule has 0 unspecified atom stereocenters. The molecule has 0 N–H and O–H groups in total. The van der Waals surface area contributed by atoms with Crippen molar-refractivity contribution in [3.63, 3.8) is 0 Å². The Labute approximate surface area is 608 Å². The molecule has 0 saturated heterocycles. The van der Waals surface area contributed by atoms with E-state index in [1.54, 1.807) is 0 Å². The Kier molecular flexibility index (Phi) is 15.9. The second-order valence-corrected chi connectivity index (χ2v) is 25.9. The number of para-hydroxylation sites is 3. The zero-order chi connectivity index (χ0) is 70.3. The van der Waals surface area contributed by atoms with E-state index in [-0.39, 0.29) is 0 Å². The van der Waals surface area contributed by atoms with E-state index in [0.717, 1.165) is 144 Å². The molecule has 0 spiro atoms. The number of pyridine rings is 2. The van der Waals surface area contributed by atoms with Crippen molar-refractivity contribution < 1.29 is 8.83 Å². The maximum atomic E-state index is 6.20. The summed E-state index contributed by atoms with van der Waals surface area (Å²) < 4.78 is 12.4. The van der Waals surface area contributed by atoms with Gasteiger partial charge in [-0.3, -0.25) is 4.98 Å². The van der Waals surface area contributed by atoms with Crippen LogP contribution in [0.5, 0.6) is 0 Å². The van der Waals surface area contributed by atoms with Gasteiger partial charge in [0.2, 0.25) is 11.4 Å². The van der Waals surface area contributed by atoms with Crippen molar-refractivity contribution in [1.29, 1.82) is 0 Å². The van der Waals surface area contributed by atoms with Gasteiger partial charge in [-0.2, -0.15) is 0 Å². The van der Waals surface area contributed by atoms with E-state index in [1.807, 2.05) is 134 Å². The highest BCUT2D eigenvalue weighted by atomic mass is 16.3. The van der Waals surface area contributed by atoms with Gasteiger partial charge in [-0.1, -0.05) is 303 Å². The van der Waals surface area contributed by atoms with Crippen LogP contribution in [0.3, 0.4) is 0 Å². The van der Waals surface area contributed by atoms with Crippen molar-refractivity contribution in [3.05, 3.63) is 352 Å². The molecule has 7 aromatic heterocycles. The molecule has 106 heavy (non-hydrogen) atoms. The molecule has 0 saturated carbocycles. The summed E-state index contributed by atoms with van der Waals surface area (Å²) >= 11 is 0. The molecule has 13 aromatic carbocycles. The van der Waals surface area contributed by atoms with Crippen LogP contribution in [0.15, 0.2) is 361 Å². The van der Waals surface area contributed by atoms with Gasteiger partial charge in [0.05, 0.1) is 27.5 Å². The minimum absolute atomic E-state index is 0.553. The molecule has 12 nitrogen and oxygen atoms in total. The number of nitrogens with zero attached hydrogens (tertiary/aromatic N) is 10. The molecular weight excluding hydrogens is 1300 g/mol. The summed E-state index contributed by atoms with van der Waals surface area (Å²) in [5.74, 6) is 3.79. The molecule has 12 heteroatoms. The van der Waals surface area contributed by atoms with Gasteiger partial charge in [-0.15, -0.1) is 0 Å². The highest BCUT2D eigenvalue weighted by Gasteiger charge is 2.21. The zero-order valence-corrected chi connectivity index (χ0v) is 56.8. The predicted molar refractivity (Wildman–Crippen MR) is 426 cm³/mol. The lowest BCUT2D eigenvalue weighted by molar-refractivity contribution is 0.655. The second kappa shape index (κ2) is 27.0. The van der Waals surface area contributed by atoms with Crippen molar-refractivity contribution in [1.82, 2.24) is 49.8 Å². The fraction of sp³-hybridized carbons (Fsp3) is 0. The monoisotopic (exact) mass is 1360 g/mol. The van der Waals surface area contributed by atoms with Gasteiger partial charge in [-0.05, 0) is 104 Å². The lowest BCUT2D eigenvalue weighted by atomic mass is 9.96. The topological polar surface area (TPSA) is 155 Å². The smallest absolute Gasteiger partial charge is 0.246 e. The van der Waals surface area contributed by atoms with E-state index in [1.165, 1.54) is 11.1 Å². The zero-order valence-electron chi connectivity index (χ0n) is 56.8. The molecule has 496 valence electrons. The van der Waals surface area contributed by atoms with Crippen LogP contribution in [-0.4, -0.2) is 49.8 Å². The molecule has 0 radical (unpaired) electrons. The Morgan fingerprint density at radius 1 is 0.189 bits per heavy atom. The third-order valence-electron chi connectivity index (χ3n) is 19.2.